The molecule has 0 aromatic carbocycles. The summed E-state index contributed by atoms with van der Waals surface area (Å²) >= 11 is 0. The number of hydrogen-bond donors (Lipinski definition) is 1. The minimum atomic E-state index is -1.03. The van der Waals surface area contributed by atoms with E-state index in [9.17, 15) is 4.79 Å². The Labute approximate surface area is 104 Å². The number of aromatic carboxylic acids is 1. The van der Waals surface area contributed by atoms with Crippen LogP contribution in [0.3, 0.4) is 0 Å². The molecule has 0 atom stereocenters. The topological polar surface area (TPSA) is 79.2 Å². The Morgan fingerprint density at radius 1 is 1.28 bits per heavy atom. The second kappa shape index (κ2) is 5.22. The molecule has 1 N–H and O–H groups in total. The van der Waals surface area contributed by atoms with E-state index in [1.165, 1.54) is 12.4 Å². The van der Waals surface area contributed by atoms with E-state index in [1.807, 2.05) is 24.1 Å². The largest absolute Gasteiger partial charge is 0.478 e. The fourth-order valence-electron chi connectivity index (χ4n) is 1.46. The third-order valence-corrected chi connectivity index (χ3v) is 2.40. The summed E-state index contributed by atoms with van der Waals surface area (Å²) in [6, 6.07) is 3.81. The van der Waals surface area contributed by atoms with Crippen LogP contribution in [0.5, 0.6) is 0 Å². The summed E-state index contributed by atoms with van der Waals surface area (Å²) in [5, 5.41) is 8.75. The van der Waals surface area contributed by atoms with Gasteiger partial charge in [0.25, 0.3) is 0 Å². The summed E-state index contributed by atoms with van der Waals surface area (Å²) < 4.78 is 0. The van der Waals surface area contributed by atoms with Crippen LogP contribution in [0.2, 0.25) is 0 Å². The highest BCUT2D eigenvalue weighted by molar-refractivity contribution is 5.86. The van der Waals surface area contributed by atoms with Crippen molar-refractivity contribution in [1.29, 1.82) is 0 Å². The average molecular weight is 244 g/mol. The van der Waals surface area contributed by atoms with Crippen molar-refractivity contribution in [2.45, 2.75) is 6.54 Å². The summed E-state index contributed by atoms with van der Waals surface area (Å²) in [5.41, 5.74) is 1.16. The van der Waals surface area contributed by atoms with Gasteiger partial charge in [0.15, 0.2) is 0 Å². The Morgan fingerprint density at radius 2 is 1.89 bits per heavy atom. The van der Waals surface area contributed by atoms with Crippen molar-refractivity contribution in [3.05, 3.63) is 48.0 Å². The van der Waals surface area contributed by atoms with Gasteiger partial charge in [0.05, 0.1) is 5.56 Å². The lowest BCUT2D eigenvalue weighted by molar-refractivity contribution is 0.0696. The SMILES string of the molecule is CN(Cc1ccncc1)c1ncc(C(=O)O)cn1. The summed E-state index contributed by atoms with van der Waals surface area (Å²) in [6.45, 7) is 0.634. The molecule has 0 bridgehead atoms. The number of anilines is 1. The van der Waals surface area contributed by atoms with Crippen LogP contribution in [-0.4, -0.2) is 33.1 Å². The van der Waals surface area contributed by atoms with E-state index < -0.39 is 5.97 Å². The summed E-state index contributed by atoms with van der Waals surface area (Å²) in [5.74, 6) is -0.546. The van der Waals surface area contributed by atoms with Crippen LogP contribution in [0.15, 0.2) is 36.9 Å². The lowest BCUT2D eigenvalue weighted by Gasteiger charge is -2.16. The highest BCUT2D eigenvalue weighted by Gasteiger charge is 2.07. The van der Waals surface area contributed by atoms with Crippen LogP contribution in [0.4, 0.5) is 5.95 Å². The molecule has 2 aromatic heterocycles. The second-order valence-electron chi connectivity index (χ2n) is 3.79. The van der Waals surface area contributed by atoms with Gasteiger partial charge >= 0.3 is 5.97 Å². The summed E-state index contributed by atoms with van der Waals surface area (Å²) in [4.78, 5) is 24.5. The normalized spacial score (nSPS) is 10.1. The van der Waals surface area contributed by atoms with Crippen molar-refractivity contribution in [3.63, 3.8) is 0 Å². The quantitative estimate of drug-likeness (QED) is 0.870. The van der Waals surface area contributed by atoms with Crippen molar-refractivity contribution in [2.24, 2.45) is 0 Å². The molecule has 0 aliphatic heterocycles. The van der Waals surface area contributed by atoms with E-state index in [-0.39, 0.29) is 5.56 Å². The van der Waals surface area contributed by atoms with Gasteiger partial charge in [-0.25, -0.2) is 14.8 Å². The highest BCUT2D eigenvalue weighted by Crippen LogP contribution is 2.09. The van der Waals surface area contributed by atoms with Gasteiger partial charge in [0.1, 0.15) is 0 Å². The third kappa shape index (κ3) is 2.79. The molecular formula is C12H12N4O2. The van der Waals surface area contributed by atoms with Crippen LogP contribution in [0, 0.1) is 0 Å². The zero-order valence-corrected chi connectivity index (χ0v) is 9.82. The molecule has 0 amide bonds. The van der Waals surface area contributed by atoms with Crippen molar-refractivity contribution in [2.75, 3.05) is 11.9 Å². The molecule has 0 radical (unpaired) electrons. The molecule has 0 aliphatic carbocycles. The van der Waals surface area contributed by atoms with E-state index in [2.05, 4.69) is 15.0 Å². The van der Waals surface area contributed by atoms with Gasteiger partial charge < -0.3 is 10.0 Å². The monoisotopic (exact) mass is 244 g/mol. The average Bonchev–Trinajstić information content (AvgIpc) is 2.40. The number of rotatable bonds is 4. The number of carboxylic acid groups (broad SMARTS) is 1. The standard InChI is InChI=1S/C12H12N4O2/c1-16(8-9-2-4-13-5-3-9)12-14-6-10(7-15-12)11(17)18/h2-7H,8H2,1H3,(H,17,18). The number of pyridine rings is 1. The first-order valence-electron chi connectivity index (χ1n) is 5.32. The first-order valence-corrected chi connectivity index (χ1v) is 5.32. The molecular weight excluding hydrogens is 232 g/mol. The lowest BCUT2D eigenvalue weighted by atomic mass is 10.2. The maximum absolute atomic E-state index is 10.7. The maximum Gasteiger partial charge on any atom is 0.338 e. The number of carboxylic acids is 1. The molecule has 0 unspecified atom stereocenters. The molecule has 2 heterocycles. The molecule has 6 heteroatoms. The van der Waals surface area contributed by atoms with E-state index in [0.29, 0.717) is 12.5 Å². The van der Waals surface area contributed by atoms with E-state index in [0.717, 1.165) is 5.56 Å². The van der Waals surface area contributed by atoms with Crippen LogP contribution >= 0.6 is 0 Å². The predicted molar refractivity (Wildman–Crippen MR) is 65.3 cm³/mol. The van der Waals surface area contributed by atoms with Crippen molar-refractivity contribution < 1.29 is 9.90 Å². The van der Waals surface area contributed by atoms with Gasteiger partial charge in [0, 0.05) is 38.4 Å². The minimum Gasteiger partial charge on any atom is -0.478 e. The molecule has 92 valence electrons. The third-order valence-electron chi connectivity index (χ3n) is 2.40. The Balaban J connectivity index is 2.09. The van der Waals surface area contributed by atoms with Crippen molar-refractivity contribution in [3.8, 4) is 0 Å². The van der Waals surface area contributed by atoms with Gasteiger partial charge in [-0.2, -0.15) is 0 Å². The fraction of sp³-hybridized carbons (Fsp3) is 0.167. The first kappa shape index (κ1) is 12.0. The van der Waals surface area contributed by atoms with Gasteiger partial charge in [-0.15, -0.1) is 0 Å². The van der Waals surface area contributed by atoms with Gasteiger partial charge in [0.2, 0.25) is 5.95 Å². The Morgan fingerprint density at radius 3 is 2.44 bits per heavy atom. The number of hydrogen-bond acceptors (Lipinski definition) is 5. The Hall–Kier alpha value is -2.50. The molecule has 18 heavy (non-hydrogen) atoms. The van der Waals surface area contributed by atoms with E-state index in [4.69, 9.17) is 5.11 Å². The van der Waals surface area contributed by atoms with Crippen LogP contribution in [0.1, 0.15) is 15.9 Å². The van der Waals surface area contributed by atoms with Crippen molar-refractivity contribution >= 4 is 11.9 Å². The van der Waals surface area contributed by atoms with Gasteiger partial charge in [-0.05, 0) is 17.7 Å². The zero-order valence-electron chi connectivity index (χ0n) is 9.82. The zero-order chi connectivity index (χ0) is 13.0. The van der Waals surface area contributed by atoms with Crippen LogP contribution in [0.25, 0.3) is 0 Å². The molecule has 0 saturated carbocycles. The Kier molecular flexibility index (Phi) is 3.47. The molecule has 6 nitrogen and oxygen atoms in total. The number of aromatic nitrogens is 3. The first-order chi connectivity index (χ1) is 8.66. The Bertz CT molecular complexity index is 528. The lowest BCUT2D eigenvalue weighted by Crippen LogP contribution is -2.19. The van der Waals surface area contributed by atoms with E-state index in [1.54, 1.807) is 12.4 Å². The fourth-order valence-corrected chi connectivity index (χ4v) is 1.46. The van der Waals surface area contributed by atoms with Gasteiger partial charge in [-0.1, -0.05) is 0 Å². The predicted octanol–water partition coefficient (Wildman–Crippen LogP) is 1.21. The van der Waals surface area contributed by atoms with Crippen LogP contribution in [-0.2, 0) is 6.54 Å². The molecule has 2 rings (SSSR count). The summed E-state index contributed by atoms with van der Waals surface area (Å²) in [7, 11) is 1.84. The number of nitrogens with zero attached hydrogens (tertiary/aromatic N) is 4. The molecule has 2 aromatic rings. The molecule has 0 fully saturated rings. The molecule has 0 aliphatic rings. The smallest absolute Gasteiger partial charge is 0.338 e. The maximum atomic E-state index is 10.7. The second-order valence-corrected chi connectivity index (χ2v) is 3.79. The van der Waals surface area contributed by atoms with Crippen molar-refractivity contribution in [1.82, 2.24) is 15.0 Å². The minimum absolute atomic E-state index is 0.0797. The molecule has 0 spiro atoms. The molecule has 0 saturated heterocycles. The highest BCUT2D eigenvalue weighted by atomic mass is 16.4. The van der Waals surface area contributed by atoms with Crippen LogP contribution < -0.4 is 4.90 Å². The van der Waals surface area contributed by atoms with E-state index >= 15 is 0 Å². The number of carbonyl (C=O) groups is 1. The summed E-state index contributed by atoms with van der Waals surface area (Å²) in [6.07, 6.45) is 6.04. The van der Waals surface area contributed by atoms with Gasteiger partial charge in [-0.3, -0.25) is 4.98 Å².